The zero-order valence-corrected chi connectivity index (χ0v) is 16.9. The van der Waals surface area contributed by atoms with Crippen LogP contribution in [0.4, 0.5) is 17.1 Å². The molecule has 28 heavy (non-hydrogen) atoms. The van der Waals surface area contributed by atoms with Crippen LogP contribution in [0.25, 0.3) is 10.2 Å². The first-order valence-electron chi connectivity index (χ1n) is 8.76. The van der Waals surface area contributed by atoms with Crippen molar-refractivity contribution < 1.29 is 14.3 Å². The third kappa shape index (κ3) is 4.58. The van der Waals surface area contributed by atoms with Gasteiger partial charge in [0.15, 0.2) is 0 Å². The highest BCUT2D eigenvalue weighted by Crippen LogP contribution is 2.29. The van der Waals surface area contributed by atoms with Crippen molar-refractivity contribution in [1.29, 1.82) is 0 Å². The number of hydrogen-bond donors (Lipinski definition) is 3. The Kier molecular flexibility index (Phi) is 5.79. The molecule has 1 unspecified atom stereocenters. The van der Waals surface area contributed by atoms with E-state index < -0.39 is 6.04 Å². The fourth-order valence-electron chi connectivity index (χ4n) is 2.77. The van der Waals surface area contributed by atoms with E-state index in [1.807, 2.05) is 25.1 Å². The Balaban J connectivity index is 1.73. The molecule has 0 spiro atoms. The molecular formula is C20H22N4O3S. The van der Waals surface area contributed by atoms with Crippen molar-refractivity contribution in [3.8, 4) is 5.75 Å². The van der Waals surface area contributed by atoms with Crippen LogP contribution >= 0.6 is 11.3 Å². The van der Waals surface area contributed by atoms with Gasteiger partial charge in [-0.3, -0.25) is 9.59 Å². The van der Waals surface area contributed by atoms with Crippen LogP contribution in [-0.4, -0.2) is 29.9 Å². The molecule has 2 amide bonds. The second-order valence-electron chi connectivity index (χ2n) is 6.37. The molecule has 0 saturated carbocycles. The number of nitrogens with zero attached hydrogens (tertiary/aromatic N) is 1. The van der Waals surface area contributed by atoms with Gasteiger partial charge in [0.05, 0.1) is 28.0 Å². The molecule has 7 nitrogen and oxygen atoms in total. The SMILES string of the molecule is COc1ccc(NC(C)=O)cc1NC(=O)C(C)Nc1ccc2nc(C)sc2c1. The zero-order chi connectivity index (χ0) is 20.3. The summed E-state index contributed by atoms with van der Waals surface area (Å²) in [6, 6.07) is 10.4. The third-order valence-electron chi connectivity index (χ3n) is 4.05. The van der Waals surface area contributed by atoms with Gasteiger partial charge in [-0.05, 0) is 50.2 Å². The Morgan fingerprint density at radius 2 is 1.86 bits per heavy atom. The first kappa shape index (κ1) is 19.6. The summed E-state index contributed by atoms with van der Waals surface area (Å²) in [5, 5.41) is 9.75. The van der Waals surface area contributed by atoms with Crippen molar-refractivity contribution in [2.75, 3.05) is 23.1 Å². The monoisotopic (exact) mass is 398 g/mol. The molecule has 0 fully saturated rings. The maximum absolute atomic E-state index is 12.7. The van der Waals surface area contributed by atoms with Crippen molar-refractivity contribution in [3.05, 3.63) is 41.4 Å². The lowest BCUT2D eigenvalue weighted by molar-refractivity contribution is -0.116. The highest BCUT2D eigenvalue weighted by Gasteiger charge is 2.16. The predicted octanol–water partition coefficient (Wildman–Crippen LogP) is 4.01. The number of rotatable bonds is 6. The molecule has 1 atom stereocenters. The van der Waals surface area contributed by atoms with Crippen LogP contribution in [0.1, 0.15) is 18.9 Å². The Bertz CT molecular complexity index is 1030. The minimum absolute atomic E-state index is 0.189. The lowest BCUT2D eigenvalue weighted by Crippen LogP contribution is -2.32. The number of fused-ring (bicyclic) bond motifs is 1. The van der Waals surface area contributed by atoms with Crippen LogP contribution in [0.5, 0.6) is 5.75 Å². The number of carbonyl (C=O) groups is 2. The van der Waals surface area contributed by atoms with Crippen LogP contribution in [0, 0.1) is 6.92 Å². The molecule has 0 aliphatic rings. The molecule has 8 heteroatoms. The molecular weight excluding hydrogens is 376 g/mol. The maximum Gasteiger partial charge on any atom is 0.246 e. The van der Waals surface area contributed by atoms with Crippen molar-refractivity contribution in [3.63, 3.8) is 0 Å². The summed E-state index contributed by atoms with van der Waals surface area (Å²) < 4.78 is 6.37. The first-order chi connectivity index (χ1) is 13.4. The van der Waals surface area contributed by atoms with Gasteiger partial charge in [-0.2, -0.15) is 0 Å². The third-order valence-corrected chi connectivity index (χ3v) is 4.98. The average Bonchev–Trinajstić information content (AvgIpc) is 3.00. The van der Waals surface area contributed by atoms with E-state index in [-0.39, 0.29) is 11.8 Å². The Hall–Kier alpha value is -3.13. The standard InChI is InChI=1S/C20H22N4O3S/c1-11(21-15-5-7-16-19(10-15)28-13(3)23-16)20(26)24-17-9-14(22-12(2)25)6-8-18(17)27-4/h5-11,21H,1-4H3,(H,22,25)(H,24,26). The molecule has 2 aromatic carbocycles. The first-order valence-corrected chi connectivity index (χ1v) is 9.57. The van der Waals surface area contributed by atoms with Gasteiger partial charge in [-0.25, -0.2) is 4.98 Å². The molecule has 3 aromatic rings. The maximum atomic E-state index is 12.7. The molecule has 0 aliphatic carbocycles. The number of benzene rings is 2. The van der Waals surface area contributed by atoms with Crippen LogP contribution < -0.4 is 20.7 Å². The molecule has 0 aliphatic heterocycles. The number of carbonyl (C=O) groups excluding carboxylic acids is 2. The number of ether oxygens (including phenoxy) is 1. The lowest BCUT2D eigenvalue weighted by Gasteiger charge is -2.17. The quantitative estimate of drug-likeness (QED) is 0.583. The molecule has 0 bridgehead atoms. The zero-order valence-electron chi connectivity index (χ0n) is 16.1. The molecule has 146 valence electrons. The molecule has 1 heterocycles. The summed E-state index contributed by atoms with van der Waals surface area (Å²) in [6.45, 7) is 5.17. The van der Waals surface area contributed by atoms with Gasteiger partial charge in [0.25, 0.3) is 0 Å². The summed E-state index contributed by atoms with van der Waals surface area (Å²) >= 11 is 1.61. The number of anilines is 3. The number of amides is 2. The number of thiazole rings is 1. The Morgan fingerprint density at radius 1 is 1.11 bits per heavy atom. The molecule has 3 rings (SSSR count). The van der Waals surface area contributed by atoms with Crippen molar-refractivity contribution >= 4 is 50.4 Å². The van der Waals surface area contributed by atoms with Crippen molar-refractivity contribution in [2.24, 2.45) is 0 Å². The minimum atomic E-state index is -0.486. The van der Waals surface area contributed by atoms with E-state index >= 15 is 0 Å². The largest absolute Gasteiger partial charge is 0.495 e. The normalized spacial score (nSPS) is 11.7. The van der Waals surface area contributed by atoms with Crippen molar-refractivity contribution in [2.45, 2.75) is 26.8 Å². The number of aromatic nitrogens is 1. The van der Waals surface area contributed by atoms with Gasteiger partial charge < -0.3 is 20.7 Å². The van der Waals surface area contributed by atoms with Crippen molar-refractivity contribution in [1.82, 2.24) is 4.98 Å². The molecule has 3 N–H and O–H groups in total. The summed E-state index contributed by atoms with van der Waals surface area (Å²) in [6.07, 6.45) is 0. The van der Waals surface area contributed by atoms with Crippen LogP contribution in [-0.2, 0) is 9.59 Å². The summed E-state index contributed by atoms with van der Waals surface area (Å²) in [5.74, 6) is 0.0984. The molecule has 0 radical (unpaired) electrons. The highest BCUT2D eigenvalue weighted by atomic mass is 32.1. The average molecular weight is 398 g/mol. The van der Waals surface area contributed by atoms with Gasteiger partial charge in [0.2, 0.25) is 11.8 Å². The van der Waals surface area contributed by atoms with Gasteiger partial charge in [0, 0.05) is 18.3 Å². The second kappa shape index (κ2) is 8.26. The minimum Gasteiger partial charge on any atom is -0.495 e. The van der Waals surface area contributed by atoms with E-state index in [4.69, 9.17) is 4.74 Å². The predicted molar refractivity (Wildman–Crippen MR) is 113 cm³/mol. The topological polar surface area (TPSA) is 92.4 Å². The summed E-state index contributed by atoms with van der Waals surface area (Å²) in [5.41, 5.74) is 2.86. The van der Waals surface area contributed by atoms with Gasteiger partial charge in [-0.1, -0.05) is 0 Å². The van der Waals surface area contributed by atoms with Gasteiger partial charge in [-0.15, -0.1) is 11.3 Å². The van der Waals surface area contributed by atoms with E-state index in [0.29, 0.717) is 17.1 Å². The van der Waals surface area contributed by atoms with Gasteiger partial charge >= 0.3 is 0 Å². The fraction of sp³-hybridized carbons (Fsp3) is 0.250. The summed E-state index contributed by atoms with van der Waals surface area (Å²) in [7, 11) is 1.52. The fourth-order valence-corrected chi connectivity index (χ4v) is 3.64. The van der Waals surface area contributed by atoms with E-state index in [2.05, 4.69) is 20.9 Å². The smallest absolute Gasteiger partial charge is 0.246 e. The number of aryl methyl sites for hydroxylation is 1. The summed E-state index contributed by atoms with van der Waals surface area (Å²) in [4.78, 5) is 28.4. The van der Waals surface area contributed by atoms with Crippen LogP contribution in [0.3, 0.4) is 0 Å². The second-order valence-corrected chi connectivity index (χ2v) is 7.60. The lowest BCUT2D eigenvalue weighted by atomic mass is 10.2. The van der Waals surface area contributed by atoms with Gasteiger partial charge in [0.1, 0.15) is 11.8 Å². The Labute approximate surface area is 167 Å². The Morgan fingerprint density at radius 3 is 2.57 bits per heavy atom. The number of hydrogen-bond acceptors (Lipinski definition) is 6. The van der Waals surface area contributed by atoms with E-state index in [1.165, 1.54) is 14.0 Å². The number of nitrogens with one attached hydrogen (secondary N) is 3. The van der Waals surface area contributed by atoms with Crippen LogP contribution in [0.2, 0.25) is 0 Å². The molecule has 1 aromatic heterocycles. The van der Waals surface area contributed by atoms with E-state index in [9.17, 15) is 9.59 Å². The van der Waals surface area contributed by atoms with Crippen LogP contribution in [0.15, 0.2) is 36.4 Å². The highest BCUT2D eigenvalue weighted by molar-refractivity contribution is 7.18. The number of methoxy groups -OCH3 is 1. The van der Waals surface area contributed by atoms with E-state index in [0.717, 1.165) is 20.9 Å². The molecule has 0 saturated heterocycles. The van der Waals surface area contributed by atoms with E-state index in [1.54, 1.807) is 36.5 Å².